The first-order chi connectivity index (χ1) is 29.2. The lowest BCUT2D eigenvalue weighted by molar-refractivity contribution is -0.149. The molecular weight excluding hydrogens is 783 g/mol. The Morgan fingerprint density at radius 3 is 2.21 bits per heavy atom. The number of fused-ring (bicyclic) bond motifs is 9. The van der Waals surface area contributed by atoms with Gasteiger partial charge in [-0.05, 0) is 59.7 Å². The van der Waals surface area contributed by atoms with E-state index in [1.807, 2.05) is 13.8 Å². The molecule has 0 saturated heterocycles. The summed E-state index contributed by atoms with van der Waals surface area (Å²) in [5.74, 6) is -4.77. The van der Waals surface area contributed by atoms with Crippen molar-refractivity contribution in [3.8, 4) is 23.0 Å². The van der Waals surface area contributed by atoms with Crippen LogP contribution in [-0.4, -0.2) is 76.3 Å². The number of aromatic hydroxyl groups is 1. The molecule has 2 aliphatic rings. The predicted molar refractivity (Wildman–Crippen MR) is 231 cm³/mol. The summed E-state index contributed by atoms with van der Waals surface area (Å²) < 4.78 is 11.8. The highest BCUT2D eigenvalue weighted by atomic mass is 16.5. The average Bonchev–Trinajstić information content (AvgIpc) is 3.21. The number of carboxylic acids is 1. The van der Waals surface area contributed by atoms with E-state index in [1.165, 1.54) is 45.3 Å². The molecular formula is C46H63N5O10. The Morgan fingerprint density at radius 1 is 0.902 bits per heavy atom. The molecule has 332 valence electrons. The van der Waals surface area contributed by atoms with Gasteiger partial charge < -0.3 is 51.8 Å². The summed E-state index contributed by atoms with van der Waals surface area (Å²) in [4.78, 5) is 67.7. The number of hydrogen-bond acceptors (Lipinski definition) is 10. The number of unbranched alkanes of at least 4 members (excludes halogenated alkanes) is 8. The normalized spacial score (nSPS) is 17.7. The third-order valence-corrected chi connectivity index (χ3v) is 10.6. The fourth-order valence-corrected chi connectivity index (χ4v) is 7.30. The van der Waals surface area contributed by atoms with E-state index in [-0.39, 0.29) is 59.6 Å². The lowest BCUT2D eigenvalue weighted by Gasteiger charge is -2.28. The number of aliphatic hydroxyl groups is 1. The third-order valence-electron chi connectivity index (χ3n) is 10.6. The number of amides is 4. The number of aliphatic hydroxyl groups excluding tert-OH is 1. The summed E-state index contributed by atoms with van der Waals surface area (Å²) in [5.41, 5.74) is 7.52. The van der Waals surface area contributed by atoms with Gasteiger partial charge in [0, 0.05) is 19.3 Å². The standard InChI is InChI=1S/C46H63N5O10/c1-5-6-7-8-9-10-11-12-16-19-39(53)48-33-24-30-20-21-37(33)61-38-27-31(26-36(52)42(38)60-4)40(41(54)46(58)59)51-45(57)34(23-29-17-14-13-15-18-29)50-44(56)35(25-30)49-43(55)32(47)22-28(2)3/h13-15,17-18,20-21,24,26-28,32,34-35,40-41,52,54H,5-12,16,19,22-23,25,47H2,1-4H3,(H,48,53)(H,49,55)(H,50,56)(H,51,57)(H,58,59)/t32-,34+,35-,40-,41+/m1/s1. The van der Waals surface area contributed by atoms with Crippen LogP contribution in [0.3, 0.4) is 0 Å². The summed E-state index contributed by atoms with van der Waals surface area (Å²) in [6, 6.07) is 10.7. The number of hydrogen-bond donors (Lipinski definition) is 8. The SMILES string of the molecule is CCCCCCCCCCCC(=O)Nc1cc2ccc1Oc1cc(cc(O)c1OC)[C@H]([C@H](O)C(=O)O)NC(=O)[C@H](Cc1ccccc1)NC(=O)[C@H](NC(=O)[C@H](N)CC(C)C)C2. The lowest BCUT2D eigenvalue weighted by atomic mass is 9.97. The molecule has 5 atom stereocenters. The first kappa shape index (κ1) is 48.0. The maximum atomic E-state index is 14.3. The molecule has 9 N–H and O–H groups in total. The molecule has 15 heteroatoms. The Morgan fingerprint density at radius 2 is 1.57 bits per heavy atom. The maximum absolute atomic E-state index is 14.3. The van der Waals surface area contributed by atoms with Gasteiger partial charge in [-0.1, -0.05) is 109 Å². The number of phenols is 1. The summed E-state index contributed by atoms with van der Waals surface area (Å²) in [6.45, 7) is 6.01. The molecule has 2 aliphatic heterocycles. The van der Waals surface area contributed by atoms with Gasteiger partial charge in [0.15, 0.2) is 23.4 Å². The number of anilines is 1. The minimum Gasteiger partial charge on any atom is -0.504 e. The Labute approximate surface area is 358 Å². The van der Waals surface area contributed by atoms with Crippen LogP contribution in [0.1, 0.15) is 114 Å². The van der Waals surface area contributed by atoms with E-state index >= 15 is 0 Å². The molecule has 4 bridgehead atoms. The maximum Gasteiger partial charge on any atom is 0.335 e. The van der Waals surface area contributed by atoms with Crippen molar-refractivity contribution in [1.82, 2.24) is 16.0 Å². The molecule has 3 aromatic carbocycles. The van der Waals surface area contributed by atoms with E-state index < -0.39 is 59.7 Å². The molecule has 0 aliphatic carbocycles. The quantitative estimate of drug-likeness (QED) is 0.0633. The highest BCUT2D eigenvalue weighted by molar-refractivity contribution is 5.94. The molecule has 0 spiro atoms. The number of nitrogens with one attached hydrogen (secondary N) is 4. The fourth-order valence-electron chi connectivity index (χ4n) is 7.30. The highest BCUT2D eigenvalue weighted by Crippen LogP contribution is 2.43. The molecule has 61 heavy (non-hydrogen) atoms. The van der Waals surface area contributed by atoms with Crippen molar-refractivity contribution in [2.75, 3.05) is 12.4 Å². The van der Waals surface area contributed by atoms with Crippen molar-refractivity contribution in [3.05, 3.63) is 77.4 Å². The Balaban J connectivity index is 1.78. The van der Waals surface area contributed by atoms with Crippen LogP contribution < -0.4 is 36.5 Å². The second kappa shape index (κ2) is 23.9. The average molecular weight is 846 g/mol. The molecule has 0 fully saturated rings. The van der Waals surface area contributed by atoms with E-state index in [2.05, 4.69) is 28.2 Å². The number of phenolic OH excluding ortho intramolecular Hbond substituents is 1. The molecule has 5 rings (SSSR count). The van der Waals surface area contributed by atoms with Crippen LogP contribution in [0.25, 0.3) is 0 Å². The van der Waals surface area contributed by atoms with E-state index in [0.29, 0.717) is 24.0 Å². The monoisotopic (exact) mass is 845 g/mol. The number of carboxylic acid groups (broad SMARTS) is 1. The number of ether oxygens (including phenoxy) is 2. The minimum absolute atomic E-state index is 0.0616. The number of carbonyl (C=O) groups excluding carboxylic acids is 4. The van der Waals surface area contributed by atoms with Gasteiger partial charge in [0.2, 0.25) is 29.4 Å². The predicted octanol–water partition coefficient (Wildman–Crippen LogP) is 5.80. The lowest BCUT2D eigenvalue weighted by Crippen LogP contribution is -2.57. The Bertz CT molecular complexity index is 1940. The van der Waals surface area contributed by atoms with Gasteiger partial charge in [-0.25, -0.2) is 4.79 Å². The molecule has 3 aromatic rings. The number of aliphatic carboxylic acids is 1. The van der Waals surface area contributed by atoms with E-state index in [4.69, 9.17) is 15.2 Å². The molecule has 0 unspecified atom stereocenters. The Kier molecular flexibility index (Phi) is 18.8. The number of benzene rings is 3. The first-order valence-electron chi connectivity index (χ1n) is 21.3. The van der Waals surface area contributed by atoms with Gasteiger partial charge >= 0.3 is 5.97 Å². The fraction of sp³-hybridized carbons (Fsp3) is 0.500. The van der Waals surface area contributed by atoms with Gasteiger partial charge in [-0.15, -0.1) is 0 Å². The summed E-state index contributed by atoms with van der Waals surface area (Å²) in [5, 5.41) is 43.1. The van der Waals surface area contributed by atoms with Gasteiger partial charge in [-0.3, -0.25) is 19.2 Å². The molecule has 0 radical (unpaired) electrons. The third kappa shape index (κ3) is 14.8. The molecule has 4 amide bonds. The number of methoxy groups -OCH3 is 1. The van der Waals surface area contributed by atoms with E-state index in [0.717, 1.165) is 25.3 Å². The van der Waals surface area contributed by atoms with Crippen molar-refractivity contribution in [3.63, 3.8) is 0 Å². The van der Waals surface area contributed by atoms with Crippen molar-refractivity contribution in [2.45, 2.75) is 135 Å². The first-order valence-corrected chi connectivity index (χ1v) is 21.3. The van der Waals surface area contributed by atoms with Crippen molar-refractivity contribution < 1.29 is 48.8 Å². The summed E-state index contributed by atoms with van der Waals surface area (Å²) >= 11 is 0. The van der Waals surface area contributed by atoms with Crippen LogP contribution in [0.2, 0.25) is 0 Å². The van der Waals surface area contributed by atoms with Crippen molar-refractivity contribution in [1.29, 1.82) is 0 Å². The van der Waals surface area contributed by atoms with Crippen LogP contribution in [0.15, 0.2) is 60.7 Å². The topological polar surface area (TPSA) is 239 Å². The van der Waals surface area contributed by atoms with Crippen LogP contribution in [0.4, 0.5) is 5.69 Å². The highest BCUT2D eigenvalue weighted by Gasteiger charge is 2.35. The van der Waals surface area contributed by atoms with E-state index in [9.17, 15) is 39.3 Å². The van der Waals surface area contributed by atoms with Gasteiger partial charge in [-0.2, -0.15) is 0 Å². The number of nitrogens with two attached hydrogens (primary N) is 1. The second-order valence-electron chi connectivity index (χ2n) is 16.2. The van der Waals surface area contributed by atoms with Crippen LogP contribution in [0, 0.1) is 5.92 Å². The van der Waals surface area contributed by atoms with Crippen LogP contribution in [-0.2, 0) is 36.8 Å². The Hall–Kier alpha value is -5.67. The number of rotatable bonds is 20. The zero-order valence-corrected chi connectivity index (χ0v) is 35.7. The smallest absolute Gasteiger partial charge is 0.335 e. The van der Waals surface area contributed by atoms with Gasteiger partial charge in [0.25, 0.3) is 0 Å². The minimum atomic E-state index is -2.23. The van der Waals surface area contributed by atoms with E-state index in [1.54, 1.807) is 48.5 Å². The largest absolute Gasteiger partial charge is 0.504 e. The molecule has 15 nitrogen and oxygen atoms in total. The molecule has 2 heterocycles. The molecule has 0 saturated carbocycles. The van der Waals surface area contributed by atoms with Crippen molar-refractivity contribution in [2.24, 2.45) is 11.7 Å². The summed E-state index contributed by atoms with van der Waals surface area (Å²) in [6.07, 6.45) is 7.87. The second-order valence-corrected chi connectivity index (χ2v) is 16.2. The zero-order chi connectivity index (χ0) is 44.5. The zero-order valence-electron chi connectivity index (χ0n) is 35.7. The van der Waals surface area contributed by atoms with Gasteiger partial charge in [0.1, 0.15) is 12.1 Å². The number of carbonyl (C=O) groups is 5. The molecule has 0 aromatic heterocycles. The van der Waals surface area contributed by atoms with Crippen molar-refractivity contribution >= 4 is 35.3 Å². The van der Waals surface area contributed by atoms with Crippen LogP contribution in [0.5, 0.6) is 23.0 Å². The van der Waals surface area contributed by atoms with Crippen LogP contribution >= 0.6 is 0 Å². The summed E-state index contributed by atoms with van der Waals surface area (Å²) in [7, 11) is 1.29. The van der Waals surface area contributed by atoms with Gasteiger partial charge in [0.05, 0.1) is 24.9 Å².